The number of allylic oxidation sites excluding steroid dienone is 12. The first kappa shape index (κ1) is 65.6. The van der Waals surface area contributed by atoms with Gasteiger partial charge in [0.1, 0.15) is 30.5 Å². The minimum absolute atomic E-state index is 0.117. The van der Waals surface area contributed by atoms with Crippen molar-refractivity contribution in [1.29, 1.82) is 0 Å². The fourth-order valence-electron chi connectivity index (χ4n) is 8.63. The molecule has 6 atom stereocenters. The Morgan fingerprint density at radius 3 is 1.31 bits per heavy atom. The Bertz CT molecular complexity index is 1310. The summed E-state index contributed by atoms with van der Waals surface area (Å²) in [5.41, 5.74) is 0. The average Bonchev–Trinajstić information content (AvgIpc) is 3.36. The van der Waals surface area contributed by atoms with Gasteiger partial charge in [-0.1, -0.05) is 228 Å². The maximum absolute atomic E-state index is 12.9. The summed E-state index contributed by atoms with van der Waals surface area (Å²) in [7, 11) is 0. The molecule has 0 aromatic rings. The zero-order chi connectivity index (χ0) is 50.6. The number of aliphatic hydroxyl groups excluding tert-OH is 4. The third-order valence-corrected chi connectivity index (χ3v) is 13.1. The Morgan fingerprint density at radius 1 is 0.471 bits per heavy atom. The van der Waals surface area contributed by atoms with E-state index in [0.717, 1.165) is 64.2 Å². The number of unbranched alkanes of at least 4 members (excludes halogenated alkanes) is 27. The van der Waals surface area contributed by atoms with Crippen molar-refractivity contribution in [2.45, 2.75) is 282 Å². The summed E-state index contributed by atoms with van der Waals surface area (Å²) in [6, 6.07) is 0. The van der Waals surface area contributed by atoms with Crippen molar-refractivity contribution in [3.63, 3.8) is 0 Å². The van der Waals surface area contributed by atoms with Gasteiger partial charge in [-0.3, -0.25) is 4.79 Å². The van der Waals surface area contributed by atoms with Gasteiger partial charge in [-0.25, -0.2) is 0 Å². The van der Waals surface area contributed by atoms with Crippen molar-refractivity contribution in [3.05, 3.63) is 72.9 Å². The monoisotopic (exact) mass is 985 g/mol. The van der Waals surface area contributed by atoms with E-state index in [9.17, 15) is 25.2 Å². The fraction of sp³-hybridized carbons (Fsp3) is 0.787. The Kier molecular flexibility index (Phi) is 48.3. The number of esters is 1. The SMILES string of the molecule is CC/C=C\C/C=C\C/C=C\C/C=C\CCCCCCCCCCCCCCC(=O)OC(COCCCCCCCCCCCC/C=C\C/C=C\CCCCCCC)COC1OC(CO)C(O)C(O)C1O. The predicted octanol–water partition coefficient (Wildman–Crippen LogP) is 15.2. The summed E-state index contributed by atoms with van der Waals surface area (Å²) < 4.78 is 23.0. The molecule has 1 aliphatic heterocycles. The Balaban J connectivity index is 2.16. The van der Waals surface area contributed by atoms with Crippen LogP contribution >= 0.6 is 0 Å². The second-order valence-corrected chi connectivity index (χ2v) is 19.7. The van der Waals surface area contributed by atoms with Crippen molar-refractivity contribution in [2.24, 2.45) is 0 Å². The van der Waals surface area contributed by atoms with Crippen LogP contribution in [0.25, 0.3) is 0 Å². The molecule has 0 bridgehead atoms. The van der Waals surface area contributed by atoms with Gasteiger partial charge in [0, 0.05) is 13.0 Å². The van der Waals surface area contributed by atoms with E-state index < -0.39 is 43.4 Å². The van der Waals surface area contributed by atoms with Crippen molar-refractivity contribution in [1.82, 2.24) is 0 Å². The lowest BCUT2D eigenvalue weighted by molar-refractivity contribution is -0.305. The standard InChI is InChI=1S/C61H108O9/c1-3-5-7-9-11-13-15-17-19-21-23-25-27-28-29-30-32-34-36-38-40-42-44-46-48-50-57(63)69-55(54-68-61-60(66)59(65)58(64)56(52-62)70-61)53-67-51-49-47-45-43-41-39-37-35-33-31-26-24-22-20-18-16-14-12-10-8-6-4-2/h5,7,11,13,16-19,22-25,55-56,58-62,64-66H,3-4,6,8-10,12,14-15,20-21,26-54H2,1-2H3/b7-5-,13-11-,18-16-,19-17-,24-22-,25-23-. The number of hydrogen-bond acceptors (Lipinski definition) is 9. The molecular formula is C61H108O9. The highest BCUT2D eigenvalue weighted by atomic mass is 16.7. The molecule has 9 heteroatoms. The van der Waals surface area contributed by atoms with Gasteiger partial charge < -0.3 is 39.4 Å². The zero-order valence-corrected chi connectivity index (χ0v) is 45.0. The molecule has 1 rings (SSSR count). The molecule has 1 saturated heterocycles. The number of aliphatic hydroxyl groups is 4. The van der Waals surface area contributed by atoms with Gasteiger partial charge in [-0.2, -0.15) is 0 Å². The normalized spacial score (nSPS) is 19.4. The maximum Gasteiger partial charge on any atom is 0.306 e. The lowest BCUT2D eigenvalue weighted by atomic mass is 9.99. The summed E-state index contributed by atoms with van der Waals surface area (Å²) in [5, 5.41) is 40.4. The average molecular weight is 986 g/mol. The van der Waals surface area contributed by atoms with Crippen LogP contribution in [0.1, 0.15) is 245 Å². The fourth-order valence-corrected chi connectivity index (χ4v) is 8.63. The second kappa shape index (κ2) is 51.5. The van der Waals surface area contributed by atoms with Gasteiger partial charge in [-0.05, 0) is 83.5 Å². The molecule has 4 N–H and O–H groups in total. The van der Waals surface area contributed by atoms with Gasteiger partial charge in [0.05, 0.1) is 19.8 Å². The minimum Gasteiger partial charge on any atom is -0.457 e. The highest BCUT2D eigenvalue weighted by Gasteiger charge is 2.44. The third-order valence-electron chi connectivity index (χ3n) is 13.1. The van der Waals surface area contributed by atoms with Crippen LogP contribution in [-0.4, -0.2) is 89.6 Å². The number of hydrogen-bond donors (Lipinski definition) is 4. The summed E-state index contributed by atoms with van der Waals surface area (Å²) in [6.45, 7) is 4.45. The first-order valence-electron chi connectivity index (χ1n) is 29.0. The van der Waals surface area contributed by atoms with Crippen LogP contribution in [-0.2, 0) is 23.7 Å². The molecule has 0 aromatic heterocycles. The highest BCUT2D eigenvalue weighted by Crippen LogP contribution is 2.23. The highest BCUT2D eigenvalue weighted by molar-refractivity contribution is 5.69. The number of carbonyl (C=O) groups is 1. The molecule has 0 amide bonds. The van der Waals surface area contributed by atoms with E-state index in [4.69, 9.17) is 18.9 Å². The van der Waals surface area contributed by atoms with E-state index in [0.29, 0.717) is 13.0 Å². The predicted molar refractivity (Wildman–Crippen MR) is 293 cm³/mol. The molecule has 1 heterocycles. The van der Waals surface area contributed by atoms with Gasteiger partial charge in [-0.15, -0.1) is 0 Å². The molecule has 0 aromatic carbocycles. The van der Waals surface area contributed by atoms with Gasteiger partial charge in [0.2, 0.25) is 0 Å². The summed E-state index contributed by atoms with van der Waals surface area (Å²) >= 11 is 0. The first-order chi connectivity index (χ1) is 34.4. The van der Waals surface area contributed by atoms with E-state index in [-0.39, 0.29) is 19.2 Å². The van der Waals surface area contributed by atoms with Crippen LogP contribution in [0.15, 0.2) is 72.9 Å². The summed E-state index contributed by atoms with van der Waals surface area (Å²) in [6.07, 6.45) is 62.3. The number of rotatable bonds is 50. The van der Waals surface area contributed by atoms with Gasteiger partial charge in [0.15, 0.2) is 6.29 Å². The van der Waals surface area contributed by atoms with E-state index in [1.54, 1.807) is 0 Å². The van der Waals surface area contributed by atoms with Crippen molar-refractivity contribution < 1.29 is 44.2 Å². The van der Waals surface area contributed by atoms with Crippen LogP contribution in [0, 0.1) is 0 Å². The van der Waals surface area contributed by atoms with Crippen LogP contribution < -0.4 is 0 Å². The Hall–Kier alpha value is -2.37. The van der Waals surface area contributed by atoms with Crippen molar-refractivity contribution in [3.8, 4) is 0 Å². The third kappa shape index (κ3) is 41.1. The Morgan fingerprint density at radius 2 is 0.871 bits per heavy atom. The largest absolute Gasteiger partial charge is 0.457 e. The van der Waals surface area contributed by atoms with Crippen molar-refractivity contribution in [2.75, 3.05) is 26.4 Å². The maximum atomic E-state index is 12.9. The van der Waals surface area contributed by atoms with Crippen LogP contribution in [0.4, 0.5) is 0 Å². The van der Waals surface area contributed by atoms with E-state index >= 15 is 0 Å². The van der Waals surface area contributed by atoms with E-state index in [2.05, 4.69) is 86.8 Å². The molecule has 9 nitrogen and oxygen atoms in total. The molecule has 0 spiro atoms. The molecule has 0 radical (unpaired) electrons. The zero-order valence-electron chi connectivity index (χ0n) is 45.0. The molecule has 406 valence electrons. The molecule has 70 heavy (non-hydrogen) atoms. The minimum atomic E-state index is -1.54. The topological polar surface area (TPSA) is 135 Å². The molecule has 0 aliphatic carbocycles. The molecule has 6 unspecified atom stereocenters. The molecular weight excluding hydrogens is 877 g/mol. The summed E-state index contributed by atoms with van der Waals surface area (Å²) in [5.74, 6) is -0.316. The smallest absolute Gasteiger partial charge is 0.306 e. The lowest BCUT2D eigenvalue weighted by Gasteiger charge is -2.39. The Labute approximate surface area is 429 Å². The molecule has 1 aliphatic rings. The number of ether oxygens (including phenoxy) is 4. The van der Waals surface area contributed by atoms with Crippen molar-refractivity contribution >= 4 is 5.97 Å². The molecule has 1 fully saturated rings. The van der Waals surface area contributed by atoms with E-state index in [1.165, 1.54) is 161 Å². The second-order valence-electron chi connectivity index (χ2n) is 19.7. The quantitative estimate of drug-likeness (QED) is 0.0267. The van der Waals surface area contributed by atoms with Crippen LogP contribution in [0.3, 0.4) is 0 Å². The van der Waals surface area contributed by atoms with Gasteiger partial charge >= 0.3 is 5.97 Å². The first-order valence-corrected chi connectivity index (χ1v) is 29.0. The van der Waals surface area contributed by atoms with Crippen LogP contribution in [0.2, 0.25) is 0 Å². The summed E-state index contributed by atoms with van der Waals surface area (Å²) in [4.78, 5) is 12.9. The van der Waals surface area contributed by atoms with E-state index in [1.807, 2.05) is 0 Å². The van der Waals surface area contributed by atoms with Crippen LogP contribution in [0.5, 0.6) is 0 Å². The number of carbonyl (C=O) groups excluding carboxylic acids is 1. The lowest BCUT2D eigenvalue weighted by Crippen LogP contribution is -2.59. The van der Waals surface area contributed by atoms with Gasteiger partial charge in [0.25, 0.3) is 0 Å². The molecule has 0 saturated carbocycles.